The Labute approximate surface area is 341 Å². The predicted octanol–water partition coefficient (Wildman–Crippen LogP) is 12.9. The summed E-state index contributed by atoms with van der Waals surface area (Å²) in [4.78, 5) is 12.4. The molecule has 0 aliphatic carbocycles. The number of allylic oxidation sites excluding steroid dienone is 6. The summed E-state index contributed by atoms with van der Waals surface area (Å²) in [7, 11) is 0. The summed E-state index contributed by atoms with van der Waals surface area (Å²) in [5, 5.41) is 43.5. The first-order valence-electron chi connectivity index (χ1n) is 23.9. The van der Waals surface area contributed by atoms with Crippen LogP contribution in [0.25, 0.3) is 0 Å². The lowest BCUT2D eigenvalue weighted by Gasteiger charge is -2.27. The number of carbonyl (C=O) groups is 1. The smallest absolute Gasteiger partial charge is 0.249 e. The summed E-state index contributed by atoms with van der Waals surface area (Å²) < 4.78 is 0. The zero-order chi connectivity index (χ0) is 40.3. The van der Waals surface area contributed by atoms with E-state index in [4.69, 9.17) is 0 Å². The van der Waals surface area contributed by atoms with Crippen molar-refractivity contribution in [1.29, 1.82) is 0 Å². The van der Waals surface area contributed by atoms with Gasteiger partial charge in [-0.15, -0.1) is 0 Å². The van der Waals surface area contributed by atoms with Gasteiger partial charge in [0.1, 0.15) is 12.2 Å². The number of carbonyl (C=O) groups excluding carboxylic acids is 1. The number of unbranched alkanes of at least 4 members (excludes halogenated alkanes) is 28. The van der Waals surface area contributed by atoms with E-state index in [0.29, 0.717) is 19.3 Å². The number of nitrogens with one attached hydrogen (secondary N) is 1. The van der Waals surface area contributed by atoms with Gasteiger partial charge in [-0.1, -0.05) is 204 Å². The molecule has 0 radical (unpaired) electrons. The monoisotopic (exact) mass is 776 g/mol. The zero-order valence-corrected chi connectivity index (χ0v) is 36.4. The van der Waals surface area contributed by atoms with E-state index in [9.17, 15) is 25.2 Å². The molecule has 0 saturated heterocycles. The Morgan fingerprint density at radius 1 is 0.436 bits per heavy atom. The number of amides is 1. The minimum absolute atomic E-state index is 0.337. The fourth-order valence-electron chi connectivity index (χ4n) is 7.23. The molecular weight excluding hydrogens is 683 g/mol. The first-order chi connectivity index (χ1) is 27.0. The molecule has 6 nitrogen and oxygen atoms in total. The molecule has 0 fully saturated rings. The normalized spacial score (nSPS) is 14.4. The molecule has 0 aromatic rings. The number of hydrogen-bond acceptors (Lipinski definition) is 5. The van der Waals surface area contributed by atoms with E-state index in [0.717, 1.165) is 51.4 Å². The molecule has 0 aliphatic rings. The average molecular weight is 776 g/mol. The van der Waals surface area contributed by atoms with Crippen molar-refractivity contribution in [2.24, 2.45) is 0 Å². The second-order valence-corrected chi connectivity index (χ2v) is 16.4. The Hall–Kier alpha value is -1.47. The number of aliphatic hydroxyl groups is 4. The Bertz CT molecular complexity index is 873. The lowest BCUT2D eigenvalue weighted by molar-refractivity contribution is -0.132. The van der Waals surface area contributed by atoms with Crippen molar-refractivity contribution >= 4 is 5.91 Å². The molecule has 0 heterocycles. The molecule has 0 aromatic carbocycles. The maximum absolute atomic E-state index is 12.4. The summed E-state index contributed by atoms with van der Waals surface area (Å²) in [5.41, 5.74) is 0. The van der Waals surface area contributed by atoms with Crippen molar-refractivity contribution in [3.63, 3.8) is 0 Å². The van der Waals surface area contributed by atoms with Gasteiger partial charge in [0.15, 0.2) is 0 Å². The van der Waals surface area contributed by atoms with Gasteiger partial charge in [0.05, 0.1) is 18.8 Å². The summed E-state index contributed by atoms with van der Waals surface area (Å²) in [5.74, 6) is -0.613. The zero-order valence-electron chi connectivity index (χ0n) is 36.4. The van der Waals surface area contributed by atoms with Crippen LogP contribution in [0, 0.1) is 0 Å². The SMILES string of the molecule is CCCC/C=C\CCCCCC(O)C(=O)NC(CO)C(O)C(O)CCC/C=C/CC/C=C/CCCCCCCCCCCCCCCCCCCCCCC. The number of hydrogen-bond donors (Lipinski definition) is 5. The van der Waals surface area contributed by atoms with Gasteiger partial charge >= 0.3 is 0 Å². The highest BCUT2D eigenvalue weighted by atomic mass is 16.3. The van der Waals surface area contributed by atoms with Crippen LogP contribution < -0.4 is 5.32 Å². The van der Waals surface area contributed by atoms with Gasteiger partial charge in [0.2, 0.25) is 5.91 Å². The van der Waals surface area contributed by atoms with Crippen LogP contribution in [0.4, 0.5) is 0 Å². The molecule has 0 spiro atoms. The first kappa shape index (κ1) is 53.5. The minimum atomic E-state index is -1.29. The van der Waals surface area contributed by atoms with Gasteiger partial charge in [0, 0.05) is 0 Å². The lowest BCUT2D eigenvalue weighted by Crippen LogP contribution is -2.53. The molecule has 0 aromatic heterocycles. The van der Waals surface area contributed by atoms with E-state index in [1.807, 2.05) is 0 Å². The van der Waals surface area contributed by atoms with Crippen LogP contribution in [0.5, 0.6) is 0 Å². The Morgan fingerprint density at radius 3 is 1.20 bits per heavy atom. The Balaban J connectivity index is 3.65. The third-order valence-electron chi connectivity index (χ3n) is 11.1. The standard InChI is InChI=1S/C49H93NO5/c1-3-5-7-9-11-13-14-15-16-17-18-19-20-21-22-23-24-25-26-27-28-29-30-31-32-33-35-36-38-40-42-46(52)48(54)45(44-51)50-49(55)47(53)43-41-39-37-34-12-10-8-6-4-2/h10,12,30-31,35-36,45-48,51-54H,3-9,11,13-29,32-34,37-44H2,1-2H3,(H,50,55)/b12-10-,31-30+,36-35+. The topological polar surface area (TPSA) is 110 Å². The molecule has 6 heteroatoms. The molecule has 0 rings (SSSR count). The maximum Gasteiger partial charge on any atom is 0.249 e. The summed E-state index contributed by atoms with van der Waals surface area (Å²) in [6.45, 7) is 3.97. The second-order valence-electron chi connectivity index (χ2n) is 16.4. The average Bonchev–Trinajstić information content (AvgIpc) is 3.19. The summed E-state index contributed by atoms with van der Waals surface area (Å²) >= 11 is 0. The third kappa shape index (κ3) is 37.8. The van der Waals surface area contributed by atoms with E-state index >= 15 is 0 Å². The van der Waals surface area contributed by atoms with E-state index in [2.05, 4.69) is 55.6 Å². The molecule has 0 aliphatic heterocycles. The van der Waals surface area contributed by atoms with E-state index in [1.165, 1.54) is 154 Å². The molecule has 324 valence electrons. The molecule has 4 unspecified atom stereocenters. The van der Waals surface area contributed by atoms with Crippen LogP contribution in [0.15, 0.2) is 36.5 Å². The molecule has 1 amide bonds. The summed E-state index contributed by atoms with van der Waals surface area (Å²) in [6, 6.07) is -1.01. The number of aliphatic hydroxyl groups excluding tert-OH is 4. The van der Waals surface area contributed by atoms with Crippen LogP contribution in [0.2, 0.25) is 0 Å². The molecule has 55 heavy (non-hydrogen) atoms. The summed E-state index contributed by atoms with van der Waals surface area (Å²) in [6.07, 6.45) is 52.3. The predicted molar refractivity (Wildman–Crippen MR) is 237 cm³/mol. The van der Waals surface area contributed by atoms with E-state index in [-0.39, 0.29) is 0 Å². The first-order valence-corrected chi connectivity index (χ1v) is 23.9. The van der Waals surface area contributed by atoms with Gasteiger partial charge in [-0.25, -0.2) is 0 Å². The lowest BCUT2D eigenvalue weighted by atomic mass is 10.00. The van der Waals surface area contributed by atoms with Gasteiger partial charge in [-0.3, -0.25) is 4.79 Å². The largest absolute Gasteiger partial charge is 0.394 e. The Kier molecular flexibility index (Phi) is 42.5. The molecule has 4 atom stereocenters. The van der Waals surface area contributed by atoms with Crippen LogP contribution in [0.1, 0.15) is 239 Å². The fraction of sp³-hybridized carbons (Fsp3) is 0.857. The van der Waals surface area contributed by atoms with Crippen molar-refractivity contribution in [1.82, 2.24) is 5.32 Å². The Morgan fingerprint density at radius 2 is 0.782 bits per heavy atom. The quantitative estimate of drug-likeness (QED) is 0.0313. The van der Waals surface area contributed by atoms with Gasteiger partial charge in [-0.05, 0) is 70.6 Å². The molecular formula is C49H93NO5. The second kappa shape index (κ2) is 43.6. The van der Waals surface area contributed by atoms with Crippen molar-refractivity contribution < 1.29 is 25.2 Å². The van der Waals surface area contributed by atoms with Crippen LogP contribution in [0.3, 0.4) is 0 Å². The van der Waals surface area contributed by atoms with E-state index in [1.54, 1.807) is 0 Å². The fourth-order valence-corrected chi connectivity index (χ4v) is 7.23. The highest BCUT2D eigenvalue weighted by Gasteiger charge is 2.28. The van der Waals surface area contributed by atoms with Crippen molar-refractivity contribution in [3.05, 3.63) is 36.5 Å². The van der Waals surface area contributed by atoms with Crippen molar-refractivity contribution in [2.75, 3.05) is 6.61 Å². The van der Waals surface area contributed by atoms with Gasteiger partial charge in [0.25, 0.3) is 0 Å². The van der Waals surface area contributed by atoms with Crippen molar-refractivity contribution in [2.45, 2.75) is 263 Å². The highest BCUT2D eigenvalue weighted by molar-refractivity contribution is 5.80. The van der Waals surface area contributed by atoms with E-state index < -0.39 is 36.9 Å². The van der Waals surface area contributed by atoms with Gasteiger partial charge in [-0.2, -0.15) is 0 Å². The van der Waals surface area contributed by atoms with Gasteiger partial charge < -0.3 is 25.7 Å². The minimum Gasteiger partial charge on any atom is -0.394 e. The maximum atomic E-state index is 12.4. The van der Waals surface area contributed by atoms with Crippen molar-refractivity contribution in [3.8, 4) is 0 Å². The molecule has 5 N–H and O–H groups in total. The molecule has 0 bridgehead atoms. The highest BCUT2D eigenvalue weighted by Crippen LogP contribution is 2.16. The van der Waals surface area contributed by atoms with Crippen LogP contribution in [-0.4, -0.2) is 57.3 Å². The van der Waals surface area contributed by atoms with Crippen LogP contribution >= 0.6 is 0 Å². The molecule has 0 saturated carbocycles. The third-order valence-corrected chi connectivity index (χ3v) is 11.1. The van der Waals surface area contributed by atoms with Crippen LogP contribution in [-0.2, 0) is 4.79 Å². The number of rotatable bonds is 43.